The minimum atomic E-state index is 0.0793. The SMILES string of the molecule is CNN(C)c1c(C)cnc2sc3c(=O)n(C4CCCCC4)cnc3c12. The van der Waals surface area contributed by atoms with Crippen LogP contribution < -0.4 is 16.0 Å². The second-order valence-electron chi connectivity index (χ2n) is 6.78. The number of fused-ring (bicyclic) bond motifs is 3. The first kappa shape index (κ1) is 16.5. The lowest BCUT2D eigenvalue weighted by Crippen LogP contribution is -2.31. The van der Waals surface area contributed by atoms with Gasteiger partial charge in [0.1, 0.15) is 15.0 Å². The monoisotopic (exact) mass is 357 g/mol. The molecule has 7 heteroatoms. The van der Waals surface area contributed by atoms with Crippen molar-refractivity contribution in [2.45, 2.75) is 45.1 Å². The number of aryl methyl sites for hydroxylation is 1. The smallest absolute Gasteiger partial charge is 0.271 e. The van der Waals surface area contributed by atoms with Crippen molar-refractivity contribution in [3.8, 4) is 0 Å². The Morgan fingerprint density at radius 3 is 2.76 bits per heavy atom. The zero-order valence-corrected chi connectivity index (χ0v) is 15.7. The molecule has 1 aliphatic rings. The van der Waals surface area contributed by atoms with Crippen LogP contribution in [0, 0.1) is 6.92 Å². The van der Waals surface area contributed by atoms with Gasteiger partial charge in [-0.1, -0.05) is 19.3 Å². The van der Waals surface area contributed by atoms with Gasteiger partial charge in [0.05, 0.1) is 17.4 Å². The van der Waals surface area contributed by atoms with Crippen molar-refractivity contribution in [1.82, 2.24) is 20.0 Å². The van der Waals surface area contributed by atoms with Crippen LogP contribution in [0.25, 0.3) is 20.4 Å². The molecular formula is C18H23N5OS. The number of anilines is 1. The van der Waals surface area contributed by atoms with Crippen molar-refractivity contribution in [2.75, 3.05) is 19.1 Å². The maximum absolute atomic E-state index is 13.1. The molecule has 3 heterocycles. The van der Waals surface area contributed by atoms with E-state index in [1.54, 1.807) is 6.33 Å². The Bertz CT molecular complexity index is 986. The van der Waals surface area contributed by atoms with E-state index in [-0.39, 0.29) is 11.6 Å². The first-order valence-electron chi connectivity index (χ1n) is 8.82. The Balaban J connectivity index is 1.97. The maximum atomic E-state index is 13.1. The molecule has 3 aromatic rings. The molecule has 0 spiro atoms. The van der Waals surface area contributed by atoms with Gasteiger partial charge in [0, 0.05) is 26.3 Å². The van der Waals surface area contributed by atoms with E-state index in [0.717, 1.165) is 39.8 Å². The van der Waals surface area contributed by atoms with Gasteiger partial charge in [-0.2, -0.15) is 0 Å². The van der Waals surface area contributed by atoms with Gasteiger partial charge in [0.15, 0.2) is 0 Å². The topological polar surface area (TPSA) is 63.1 Å². The van der Waals surface area contributed by atoms with E-state index in [9.17, 15) is 4.79 Å². The van der Waals surface area contributed by atoms with Crippen LogP contribution in [0.2, 0.25) is 0 Å². The molecule has 1 saturated carbocycles. The number of rotatable bonds is 3. The highest BCUT2D eigenvalue weighted by Gasteiger charge is 2.22. The highest BCUT2D eigenvalue weighted by molar-refractivity contribution is 7.25. The van der Waals surface area contributed by atoms with Gasteiger partial charge in [-0.3, -0.25) is 9.36 Å². The number of aromatic nitrogens is 3. The largest absolute Gasteiger partial charge is 0.311 e. The standard InChI is InChI=1S/C18H23N5OS/c1-11-9-20-17-13(15(11)22(3)19-2)14-16(25-17)18(24)23(10-21-14)12-7-5-4-6-8-12/h9-10,12,19H,4-8H2,1-3H3. The van der Waals surface area contributed by atoms with Gasteiger partial charge in [-0.25, -0.2) is 15.4 Å². The summed E-state index contributed by atoms with van der Waals surface area (Å²) in [4.78, 5) is 23.2. The molecule has 1 N–H and O–H groups in total. The molecule has 4 rings (SSSR count). The fraction of sp³-hybridized carbons (Fsp3) is 0.500. The molecule has 0 bridgehead atoms. The van der Waals surface area contributed by atoms with Crippen LogP contribution in [0.4, 0.5) is 5.69 Å². The third-order valence-electron chi connectivity index (χ3n) is 5.23. The van der Waals surface area contributed by atoms with Crippen molar-refractivity contribution in [2.24, 2.45) is 0 Å². The lowest BCUT2D eigenvalue weighted by molar-refractivity contribution is 0.345. The zero-order valence-electron chi connectivity index (χ0n) is 14.9. The number of nitrogens with one attached hydrogen (secondary N) is 1. The summed E-state index contributed by atoms with van der Waals surface area (Å²) in [5, 5.41) is 2.92. The maximum Gasteiger partial charge on any atom is 0.271 e. The molecule has 6 nitrogen and oxygen atoms in total. The fourth-order valence-corrected chi connectivity index (χ4v) is 4.89. The molecule has 0 unspecified atom stereocenters. The van der Waals surface area contributed by atoms with Crippen LogP contribution in [0.15, 0.2) is 17.3 Å². The summed E-state index contributed by atoms with van der Waals surface area (Å²) >= 11 is 1.46. The number of hydrogen-bond acceptors (Lipinski definition) is 6. The van der Waals surface area contributed by atoms with E-state index in [2.05, 4.69) is 10.4 Å². The van der Waals surface area contributed by atoms with Crippen LogP contribution in [0.1, 0.15) is 43.7 Å². The summed E-state index contributed by atoms with van der Waals surface area (Å²) in [7, 11) is 3.85. The van der Waals surface area contributed by atoms with Crippen molar-refractivity contribution in [3.63, 3.8) is 0 Å². The van der Waals surface area contributed by atoms with Crippen LogP contribution in [-0.2, 0) is 0 Å². The van der Waals surface area contributed by atoms with Gasteiger partial charge in [0.25, 0.3) is 5.56 Å². The third-order valence-corrected chi connectivity index (χ3v) is 6.30. The Kier molecular flexibility index (Phi) is 4.21. The van der Waals surface area contributed by atoms with E-state index in [4.69, 9.17) is 4.98 Å². The Hall–Kier alpha value is -1.99. The van der Waals surface area contributed by atoms with E-state index in [1.807, 2.05) is 36.8 Å². The Labute approximate surface area is 150 Å². The first-order valence-corrected chi connectivity index (χ1v) is 9.63. The van der Waals surface area contributed by atoms with Crippen molar-refractivity contribution >= 4 is 37.5 Å². The van der Waals surface area contributed by atoms with Crippen molar-refractivity contribution in [3.05, 3.63) is 28.4 Å². The predicted octanol–water partition coefficient (Wildman–Crippen LogP) is 3.39. The predicted molar refractivity (Wildman–Crippen MR) is 104 cm³/mol. The second kappa shape index (κ2) is 6.38. The molecule has 0 atom stereocenters. The average Bonchev–Trinajstić information content (AvgIpc) is 3.02. The summed E-state index contributed by atoms with van der Waals surface area (Å²) in [5.74, 6) is 0. The zero-order chi connectivity index (χ0) is 17.6. The molecule has 3 aromatic heterocycles. The number of hydrazine groups is 1. The summed E-state index contributed by atoms with van der Waals surface area (Å²) in [6.45, 7) is 2.03. The van der Waals surface area contributed by atoms with Crippen molar-refractivity contribution in [1.29, 1.82) is 0 Å². The molecule has 1 fully saturated rings. The van der Waals surface area contributed by atoms with Crippen molar-refractivity contribution < 1.29 is 0 Å². The van der Waals surface area contributed by atoms with Gasteiger partial charge in [0.2, 0.25) is 0 Å². The third kappa shape index (κ3) is 2.62. The summed E-state index contributed by atoms with van der Waals surface area (Å²) in [6, 6.07) is 0.289. The molecule has 132 valence electrons. The molecule has 25 heavy (non-hydrogen) atoms. The minimum Gasteiger partial charge on any atom is -0.311 e. The van der Waals surface area contributed by atoms with E-state index >= 15 is 0 Å². The van der Waals surface area contributed by atoms with E-state index in [1.165, 1.54) is 30.6 Å². The molecule has 0 radical (unpaired) electrons. The van der Waals surface area contributed by atoms with Crippen LogP contribution >= 0.6 is 11.3 Å². The lowest BCUT2D eigenvalue weighted by atomic mass is 9.95. The summed E-state index contributed by atoms with van der Waals surface area (Å²) < 4.78 is 2.57. The highest BCUT2D eigenvalue weighted by Crippen LogP contribution is 2.37. The number of pyridine rings is 1. The van der Waals surface area contributed by atoms with Crippen LogP contribution in [0.3, 0.4) is 0 Å². The normalized spacial score (nSPS) is 16.0. The number of thiophene rings is 1. The molecule has 0 aromatic carbocycles. The fourth-order valence-electron chi connectivity index (χ4n) is 3.85. The van der Waals surface area contributed by atoms with Crippen LogP contribution in [-0.4, -0.2) is 28.6 Å². The quantitative estimate of drug-likeness (QED) is 0.728. The Morgan fingerprint density at radius 2 is 2.04 bits per heavy atom. The number of nitrogens with zero attached hydrogens (tertiary/aromatic N) is 4. The van der Waals surface area contributed by atoms with Gasteiger partial charge < -0.3 is 5.01 Å². The van der Waals surface area contributed by atoms with Gasteiger partial charge >= 0.3 is 0 Å². The molecular weight excluding hydrogens is 334 g/mol. The summed E-state index contributed by atoms with van der Waals surface area (Å²) in [5.41, 5.74) is 6.08. The van der Waals surface area contributed by atoms with E-state index < -0.39 is 0 Å². The van der Waals surface area contributed by atoms with E-state index in [0.29, 0.717) is 4.70 Å². The van der Waals surface area contributed by atoms with Gasteiger partial charge in [-0.15, -0.1) is 11.3 Å². The Morgan fingerprint density at radius 1 is 1.28 bits per heavy atom. The molecule has 0 aliphatic heterocycles. The lowest BCUT2D eigenvalue weighted by Gasteiger charge is -2.23. The highest BCUT2D eigenvalue weighted by atomic mass is 32.1. The number of hydrogen-bond donors (Lipinski definition) is 1. The first-order chi connectivity index (χ1) is 12.1. The second-order valence-corrected chi connectivity index (χ2v) is 7.78. The average molecular weight is 357 g/mol. The van der Waals surface area contributed by atoms with Crippen LogP contribution in [0.5, 0.6) is 0 Å². The molecule has 1 aliphatic carbocycles. The molecule has 0 saturated heterocycles. The minimum absolute atomic E-state index is 0.0793. The van der Waals surface area contributed by atoms with Gasteiger partial charge in [-0.05, 0) is 25.3 Å². The summed E-state index contributed by atoms with van der Waals surface area (Å²) in [6.07, 6.45) is 9.41. The molecule has 0 amide bonds.